The molecule has 0 spiro atoms. The number of benzene rings is 1. The summed E-state index contributed by atoms with van der Waals surface area (Å²) in [6.45, 7) is 0.428. The topological polar surface area (TPSA) is 57.3 Å². The van der Waals surface area contributed by atoms with Gasteiger partial charge in [0.2, 0.25) is 0 Å². The second kappa shape index (κ2) is 8.89. The van der Waals surface area contributed by atoms with E-state index >= 15 is 0 Å². The Hall–Kier alpha value is -2.74. The van der Waals surface area contributed by atoms with E-state index in [1.165, 1.54) is 18.2 Å². The lowest BCUT2D eigenvalue weighted by molar-refractivity contribution is 0.0965. The van der Waals surface area contributed by atoms with Crippen molar-refractivity contribution >= 4 is 34.8 Å². The standard InChI is InChI=1S/C24H20Cl2F2N4O/c25-14-9-13(1-2-15(27)10-14)22-6-5-21(23-18-12-30-24(33)17(18)7-8-29-23)31-32(22)16-3-4-20(28)19(26)11-16/h2-4,7-11,21-22,31H,1,5-6,12H2,(H,30,33). The number of carbonyl (C=O) groups is 1. The van der Waals surface area contributed by atoms with Crippen LogP contribution in [0.1, 0.15) is 46.9 Å². The summed E-state index contributed by atoms with van der Waals surface area (Å²) in [7, 11) is 0. The molecule has 0 radical (unpaired) electrons. The lowest BCUT2D eigenvalue weighted by Gasteiger charge is -2.43. The number of hydrazine groups is 1. The summed E-state index contributed by atoms with van der Waals surface area (Å²) in [4.78, 5) is 16.7. The quantitative estimate of drug-likeness (QED) is 0.586. The summed E-state index contributed by atoms with van der Waals surface area (Å²) in [5, 5.41) is 5.07. The predicted molar refractivity (Wildman–Crippen MR) is 124 cm³/mol. The molecular formula is C24H20Cl2F2N4O. The van der Waals surface area contributed by atoms with Crippen molar-refractivity contribution in [3.05, 3.63) is 92.8 Å². The molecule has 1 amide bonds. The Morgan fingerprint density at radius 2 is 1.97 bits per heavy atom. The number of hydrogen-bond acceptors (Lipinski definition) is 4. The zero-order valence-corrected chi connectivity index (χ0v) is 18.9. The van der Waals surface area contributed by atoms with Crippen LogP contribution in [-0.2, 0) is 6.54 Å². The van der Waals surface area contributed by atoms with Crippen LogP contribution in [-0.4, -0.2) is 16.9 Å². The molecule has 3 aliphatic rings. The van der Waals surface area contributed by atoms with Crippen LogP contribution >= 0.6 is 23.2 Å². The fraction of sp³-hybridized carbons (Fsp3) is 0.250. The van der Waals surface area contributed by atoms with Gasteiger partial charge in [-0.3, -0.25) is 9.78 Å². The maximum atomic E-state index is 13.9. The summed E-state index contributed by atoms with van der Waals surface area (Å²) < 4.78 is 27.8. The molecule has 1 aromatic heterocycles. The second-order valence-electron chi connectivity index (χ2n) is 8.19. The molecule has 2 N–H and O–H groups in total. The molecule has 170 valence electrons. The van der Waals surface area contributed by atoms with Gasteiger partial charge in [-0.1, -0.05) is 23.2 Å². The third-order valence-electron chi connectivity index (χ3n) is 6.17. The molecule has 33 heavy (non-hydrogen) atoms. The van der Waals surface area contributed by atoms with E-state index in [-0.39, 0.29) is 28.8 Å². The van der Waals surface area contributed by atoms with Crippen LogP contribution in [0.15, 0.2) is 65.1 Å². The van der Waals surface area contributed by atoms with Crippen molar-refractivity contribution in [2.24, 2.45) is 0 Å². The van der Waals surface area contributed by atoms with Crippen molar-refractivity contribution in [1.29, 1.82) is 0 Å². The number of aromatic nitrogens is 1. The molecule has 1 fully saturated rings. The molecule has 3 heterocycles. The molecule has 2 atom stereocenters. The SMILES string of the molecule is O=C1NCc2c1ccnc2C1CCC(C2=CC(Cl)=CC(F)=CC2)N(c2ccc(F)c(Cl)c2)N1. The fourth-order valence-electron chi connectivity index (χ4n) is 4.60. The van der Waals surface area contributed by atoms with Crippen molar-refractivity contribution in [1.82, 2.24) is 15.7 Å². The van der Waals surface area contributed by atoms with Gasteiger partial charge in [-0.15, -0.1) is 0 Å². The smallest absolute Gasteiger partial charge is 0.252 e. The molecule has 0 bridgehead atoms. The van der Waals surface area contributed by atoms with E-state index in [2.05, 4.69) is 15.7 Å². The number of halogens is 4. The van der Waals surface area contributed by atoms with E-state index in [1.807, 2.05) is 5.01 Å². The Labute approximate surface area is 199 Å². The lowest BCUT2D eigenvalue weighted by Crippen LogP contribution is -2.52. The Balaban J connectivity index is 1.53. The summed E-state index contributed by atoms with van der Waals surface area (Å²) >= 11 is 12.3. The summed E-state index contributed by atoms with van der Waals surface area (Å²) in [6.07, 6.45) is 8.00. The molecule has 1 aliphatic carbocycles. The van der Waals surface area contributed by atoms with Crippen LogP contribution in [0.2, 0.25) is 5.02 Å². The minimum absolute atomic E-state index is 0.00223. The largest absolute Gasteiger partial charge is 0.348 e. The first-order valence-electron chi connectivity index (χ1n) is 10.6. The molecule has 0 saturated carbocycles. The number of allylic oxidation sites excluding steroid dienone is 5. The van der Waals surface area contributed by atoms with Gasteiger partial charge in [0.05, 0.1) is 28.5 Å². The van der Waals surface area contributed by atoms with Gasteiger partial charge in [-0.25, -0.2) is 14.2 Å². The molecule has 1 saturated heterocycles. The number of carbonyl (C=O) groups excluding carboxylic acids is 1. The zero-order chi connectivity index (χ0) is 23.1. The van der Waals surface area contributed by atoms with Crippen LogP contribution in [0.3, 0.4) is 0 Å². The molecule has 2 aliphatic heterocycles. The van der Waals surface area contributed by atoms with E-state index < -0.39 is 5.82 Å². The lowest BCUT2D eigenvalue weighted by atomic mass is 9.91. The highest BCUT2D eigenvalue weighted by Crippen LogP contribution is 2.37. The first-order valence-corrected chi connectivity index (χ1v) is 11.4. The van der Waals surface area contributed by atoms with Crippen LogP contribution in [0.25, 0.3) is 0 Å². The minimum Gasteiger partial charge on any atom is -0.348 e. The van der Waals surface area contributed by atoms with Gasteiger partial charge >= 0.3 is 0 Å². The van der Waals surface area contributed by atoms with Gasteiger partial charge in [0.1, 0.15) is 11.6 Å². The second-order valence-corrected chi connectivity index (χ2v) is 9.03. The number of hydrogen-bond donors (Lipinski definition) is 2. The average molecular weight is 489 g/mol. The van der Waals surface area contributed by atoms with Crippen molar-refractivity contribution < 1.29 is 13.6 Å². The molecule has 2 unspecified atom stereocenters. The highest BCUT2D eigenvalue weighted by Gasteiger charge is 2.35. The first kappa shape index (κ1) is 22.1. The number of amides is 1. The average Bonchev–Trinajstić information content (AvgIpc) is 3.09. The normalized spacial score (nSPS) is 22.7. The monoisotopic (exact) mass is 488 g/mol. The third kappa shape index (κ3) is 4.28. The van der Waals surface area contributed by atoms with Gasteiger partial charge in [0.25, 0.3) is 5.91 Å². The van der Waals surface area contributed by atoms with Crippen molar-refractivity contribution in [2.75, 3.05) is 5.01 Å². The maximum Gasteiger partial charge on any atom is 0.252 e. The van der Waals surface area contributed by atoms with Crippen molar-refractivity contribution in [3.63, 3.8) is 0 Å². The van der Waals surface area contributed by atoms with Crippen LogP contribution in [0.4, 0.5) is 14.5 Å². The van der Waals surface area contributed by atoms with E-state index in [9.17, 15) is 13.6 Å². The molecule has 1 aromatic carbocycles. The Bertz CT molecular complexity index is 1230. The number of anilines is 1. The Kier molecular flexibility index (Phi) is 5.95. The number of pyridine rings is 1. The predicted octanol–water partition coefficient (Wildman–Crippen LogP) is 5.64. The van der Waals surface area contributed by atoms with Crippen molar-refractivity contribution in [2.45, 2.75) is 37.9 Å². The fourth-order valence-corrected chi connectivity index (χ4v) is 5.02. The van der Waals surface area contributed by atoms with Gasteiger partial charge in [-0.2, -0.15) is 0 Å². The summed E-state index contributed by atoms with van der Waals surface area (Å²) in [5.41, 5.74) is 7.38. The van der Waals surface area contributed by atoms with Gasteiger partial charge in [0, 0.05) is 28.9 Å². The van der Waals surface area contributed by atoms with Gasteiger partial charge in [-0.05, 0) is 67.3 Å². The van der Waals surface area contributed by atoms with Crippen LogP contribution in [0.5, 0.6) is 0 Å². The van der Waals surface area contributed by atoms with Gasteiger partial charge < -0.3 is 10.3 Å². The number of nitrogens with zero attached hydrogens (tertiary/aromatic N) is 2. The molecule has 9 heteroatoms. The Morgan fingerprint density at radius 1 is 1.12 bits per heavy atom. The van der Waals surface area contributed by atoms with E-state index in [0.717, 1.165) is 23.3 Å². The van der Waals surface area contributed by atoms with Crippen LogP contribution in [0, 0.1) is 5.82 Å². The van der Waals surface area contributed by atoms with Crippen LogP contribution < -0.4 is 15.8 Å². The number of fused-ring (bicyclic) bond motifs is 1. The van der Waals surface area contributed by atoms with E-state index in [0.29, 0.717) is 35.7 Å². The number of rotatable bonds is 3. The zero-order valence-electron chi connectivity index (χ0n) is 17.4. The molecular weight excluding hydrogens is 469 g/mol. The maximum absolute atomic E-state index is 13.9. The highest BCUT2D eigenvalue weighted by atomic mass is 35.5. The number of nitrogens with one attached hydrogen (secondary N) is 2. The van der Waals surface area contributed by atoms with E-state index in [1.54, 1.807) is 30.5 Å². The minimum atomic E-state index is -0.512. The molecule has 5 nitrogen and oxygen atoms in total. The third-order valence-corrected chi connectivity index (χ3v) is 6.67. The summed E-state index contributed by atoms with van der Waals surface area (Å²) in [6, 6.07) is 5.87. The highest BCUT2D eigenvalue weighted by molar-refractivity contribution is 6.31. The van der Waals surface area contributed by atoms with E-state index in [4.69, 9.17) is 23.2 Å². The molecule has 2 aromatic rings. The van der Waals surface area contributed by atoms with Crippen molar-refractivity contribution in [3.8, 4) is 0 Å². The Morgan fingerprint density at radius 3 is 2.79 bits per heavy atom. The summed E-state index contributed by atoms with van der Waals surface area (Å²) in [5.74, 6) is -1.00. The molecule has 5 rings (SSSR count). The first-order chi connectivity index (χ1) is 15.9. The van der Waals surface area contributed by atoms with Gasteiger partial charge in [0.15, 0.2) is 0 Å².